The lowest BCUT2D eigenvalue weighted by Gasteiger charge is -2.39. The number of aryl methyl sites for hydroxylation is 1. The van der Waals surface area contributed by atoms with Gasteiger partial charge >= 0.3 is 6.18 Å². The predicted molar refractivity (Wildman–Crippen MR) is 139 cm³/mol. The molecule has 0 spiro atoms. The van der Waals surface area contributed by atoms with Gasteiger partial charge in [-0.1, -0.05) is 12.1 Å². The van der Waals surface area contributed by atoms with E-state index in [4.69, 9.17) is 4.74 Å². The summed E-state index contributed by atoms with van der Waals surface area (Å²) in [6.45, 7) is 2.22. The summed E-state index contributed by atoms with van der Waals surface area (Å²) in [5.41, 5.74) is 1.09. The minimum absolute atomic E-state index is 0.0204. The molecule has 2 aliphatic carbocycles. The van der Waals surface area contributed by atoms with Gasteiger partial charge in [0.15, 0.2) is 5.82 Å². The molecule has 0 bridgehead atoms. The van der Waals surface area contributed by atoms with E-state index in [0.717, 1.165) is 44.1 Å². The summed E-state index contributed by atoms with van der Waals surface area (Å²) in [5, 5.41) is 11.6. The van der Waals surface area contributed by atoms with Crippen LogP contribution in [0.1, 0.15) is 90.0 Å². The average Bonchev–Trinajstić information content (AvgIpc) is 3.43. The number of carbonyl (C=O) groups excluding carboxylic acids is 1. The molecular weight excluding hydrogens is 507 g/mol. The number of ether oxygens (including phenoxy) is 1. The van der Waals surface area contributed by atoms with Crippen LogP contribution in [0.3, 0.4) is 0 Å². The highest BCUT2D eigenvalue weighted by atomic mass is 19.4. The predicted octanol–water partition coefficient (Wildman–Crippen LogP) is 5.69. The molecule has 2 heterocycles. The van der Waals surface area contributed by atoms with Crippen LogP contribution >= 0.6 is 0 Å². The van der Waals surface area contributed by atoms with E-state index in [2.05, 4.69) is 22.4 Å². The van der Waals surface area contributed by atoms with Gasteiger partial charge in [-0.15, -0.1) is 10.2 Å². The normalized spacial score (nSPS) is 19.5. The number of benzene rings is 2. The number of carbonyl (C=O) groups is 1. The first-order valence-electron chi connectivity index (χ1n) is 13.5. The third kappa shape index (κ3) is 4.96. The van der Waals surface area contributed by atoms with E-state index in [1.165, 1.54) is 11.0 Å². The van der Waals surface area contributed by atoms with Gasteiger partial charge < -0.3 is 19.5 Å². The first-order valence-corrected chi connectivity index (χ1v) is 13.5. The molecule has 1 N–H and O–H groups in total. The number of rotatable bonds is 8. The van der Waals surface area contributed by atoms with Crippen molar-refractivity contribution in [2.45, 2.75) is 82.5 Å². The monoisotopic (exact) mass is 539 g/mol. The lowest BCUT2D eigenvalue weighted by Crippen LogP contribution is -2.47. The summed E-state index contributed by atoms with van der Waals surface area (Å²) in [4.78, 5) is 15.0. The molecule has 10 heteroatoms. The zero-order valence-corrected chi connectivity index (χ0v) is 22.1. The zero-order chi connectivity index (χ0) is 27.4. The zero-order valence-electron chi connectivity index (χ0n) is 22.1. The second-order valence-corrected chi connectivity index (χ2v) is 11.3. The van der Waals surface area contributed by atoms with Gasteiger partial charge in [-0.2, -0.15) is 13.2 Å². The van der Waals surface area contributed by atoms with Crippen LogP contribution in [-0.2, 0) is 31.1 Å². The molecule has 1 aromatic heterocycles. The van der Waals surface area contributed by atoms with Gasteiger partial charge in [0, 0.05) is 30.4 Å². The van der Waals surface area contributed by atoms with E-state index < -0.39 is 23.8 Å². The number of nitrogens with zero attached hydrogens (tertiary/aromatic N) is 4. The highest BCUT2D eigenvalue weighted by Gasteiger charge is 2.41. The Balaban J connectivity index is 1.31. The largest absolute Gasteiger partial charge is 0.416 e. The topological polar surface area (TPSA) is 72.3 Å². The number of hydrogen-bond acceptors (Lipinski definition) is 5. The first kappa shape index (κ1) is 26.0. The first-order chi connectivity index (χ1) is 18.6. The van der Waals surface area contributed by atoms with E-state index in [0.29, 0.717) is 17.1 Å². The van der Waals surface area contributed by atoms with Crippen LogP contribution in [0, 0.1) is 0 Å². The number of hydrogen-bond donors (Lipinski definition) is 1. The summed E-state index contributed by atoms with van der Waals surface area (Å²) in [6.07, 6.45) is 2.77. The minimum atomic E-state index is -4.56. The molecule has 2 aromatic carbocycles. The van der Waals surface area contributed by atoms with E-state index in [1.54, 1.807) is 29.1 Å². The van der Waals surface area contributed by atoms with Crippen molar-refractivity contribution in [3.8, 4) is 0 Å². The lowest BCUT2D eigenvalue weighted by atomic mass is 9.78. The summed E-state index contributed by atoms with van der Waals surface area (Å²) in [7, 11) is 1.84. The molecule has 1 aliphatic heterocycles. The van der Waals surface area contributed by atoms with Crippen LogP contribution in [0.15, 0.2) is 42.7 Å². The van der Waals surface area contributed by atoms with Crippen molar-refractivity contribution in [3.05, 3.63) is 76.4 Å². The Bertz CT molecular complexity index is 1390. The van der Waals surface area contributed by atoms with Crippen molar-refractivity contribution in [2.24, 2.45) is 7.05 Å². The van der Waals surface area contributed by atoms with Gasteiger partial charge in [-0.25, -0.2) is 0 Å². The standard InChI is InChI=1S/C29H32F3N5O2/c1-28(10-5-11-28)33-15-18-12-22-23(24(13-18)29(30,31)32)16-37(27(22)38)20-7-3-6-19(14-20)25(39-21-8-4-9-21)26-35-34-17-36(26)2/h3,6-7,12-14,17,21,25,33H,4-5,8-11,15-16H2,1-2H3/t25-/m0/s1. The Kier molecular flexibility index (Phi) is 6.50. The van der Waals surface area contributed by atoms with Gasteiger partial charge in [-0.05, 0) is 86.4 Å². The van der Waals surface area contributed by atoms with E-state index in [-0.39, 0.29) is 35.9 Å². The molecule has 3 aliphatic rings. The smallest absolute Gasteiger partial charge is 0.362 e. The van der Waals surface area contributed by atoms with Crippen LogP contribution < -0.4 is 10.2 Å². The molecule has 1 amide bonds. The number of anilines is 1. The van der Waals surface area contributed by atoms with Crippen LogP contribution in [0.2, 0.25) is 0 Å². The third-order valence-corrected chi connectivity index (χ3v) is 8.43. The Morgan fingerprint density at radius 3 is 2.59 bits per heavy atom. The molecule has 0 radical (unpaired) electrons. The SMILES string of the molecule is Cn1cnnc1[C@@H](OC1CCC1)c1cccc(N2Cc3c(cc(CNC4(C)CCC4)cc3C(F)(F)F)C2=O)c1. The van der Waals surface area contributed by atoms with E-state index in [9.17, 15) is 18.0 Å². The molecular formula is C29H32F3N5O2. The number of nitrogens with one attached hydrogen (secondary N) is 1. The molecule has 2 saturated carbocycles. The average molecular weight is 540 g/mol. The van der Waals surface area contributed by atoms with Crippen molar-refractivity contribution >= 4 is 11.6 Å². The third-order valence-electron chi connectivity index (χ3n) is 8.43. The fourth-order valence-corrected chi connectivity index (χ4v) is 5.60. The lowest BCUT2D eigenvalue weighted by molar-refractivity contribution is -0.138. The van der Waals surface area contributed by atoms with Crippen LogP contribution in [0.25, 0.3) is 0 Å². The van der Waals surface area contributed by atoms with Crippen molar-refractivity contribution in [3.63, 3.8) is 0 Å². The van der Waals surface area contributed by atoms with Crippen molar-refractivity contribution in [2.75, 3.05) is 4.90 Å². The summed E-state index contributed by atoms with van der Waals surface area (Å²) in [6, 6.07) is 10.1. The maximum atomic E-state index is 14.2. The van der Waals surface area contributed by atoms with Gasteiger partial charge in [0.05, 0.1) is 18.2 Å². The van der Waals surface area contributed by atoms with Gasteiger partial charge in [0.1, 0.15) is 12.4 Å². The summed E-state index contributed by atoms with van der Waals surface area (Å²) < 4.78 is 50.7. The summed E-state index contributed by atoms with van der Waals surface area (Å²) >= 11 is 0. The molecule has 0 saturated heterocycles. The Labute approximate surface area is 225 Å². The van der Waals surface area contributed by atoms with E-state index in [1.807, 2.05) is 19.2 Å². The van der Waals surface area contributed by atoms with Crippen LogP contribution in [0.4, 0.5) is 18.9 Å². The van der Waals surface area contributed by atoms with Crippen molar-refractivity contribution in [1.82, 2.24) is 20.1 Å². The number of amides is 1. The molecule has 7 nitrogen and oxygen atoms in total. The highest BCUT2D eigenvalue weighted by molar-refractivity contribution is 6.10. The number of halogens is 3. The second-order valence-electron chi connectivity index (χ2n) is 11.3. The number of alkyl halides is 3. The molecule has 39 heavy (non-hydrogen) atoms. The quantitative estimate of drug-likeness (QED) is 0.399. The molecule has 206 valence electrons. The number of aromatic nitrogens is 3. The van der Waals surface area contributed by atoms with Crippen molar-refractivity contribution < 1.29 is 22.7 Å². The molecule has 1 atom stereocenters. The second kappa shape index (κ2) is 9.75. The maximum Gasteiger partial charge on any atom is 0.416 e. The van der Waals surface area contributed by atoms with Gasteiger partial charge in [-0.3, -0.25) is 4.79 Å². The van der Waals surface area contributed by atoms with Gasteiger partial charge in [0.2, 0.25) is 0 Å². The molecule has 2 fully saturated rings. The Hall–Kier alpha value is -3.24. The highest BCUT2D eigenvalue weighted by Crippen LogP contribution is 2.41. The fourth-order valence-electron chi connectivity index (χ4n) is 5.60. The van der Waals surface area contributed by atoms with Gasteiger partial charge in [0.25, 0.3) is 5.91 Å². The summed E-state index contributed by atoms with van der Waals surface area (Å²) in [5.74, 6) is 0.200. The molecule has 3 aromatic rings. The number of fused-ring (bicyclic) bond motifs is 1. The van der Waals surface area contributed by atoms with Crippen LogP contribution in [0.5, 0.6) is 0 Å². The Morgan fingerprint density at radius 1 is 1.18 bits per heavy atom. The maximum absolute atomic E-state index is 14.2. The molecule has 0 unspecified atom stereocenters. The van der Waals surface area contributed by atoms with Crippen molar-refractivity contribution in [1.29, 1.82) is 0 Å². The fraction of sp³-hybridized carbons (Fsp3) is 0.483. The van der Waals surface area contributed by atoms with E-state index >= 15 is 0 Å². The molecule has 6 rings (SSSR count). The Morgan fingerprint density at radius 2 is 1.97 bits per heavy atom. The van der Waals surface area contributed by atoms with Crippen LogP contribution in [-0.4, -0.2) is 32.3 Å². The minimum Gasteiger partial charge on any atom is -0.362 e.